The van der Waals surface area contributed by atoms with Crippen molar-refractivity contribution in [3.8, 4) is 0 Å². The number of rotatable bonds is 3. The van der Waals surface area contributed by atoms with Gasteiger partial charge in [0.25, 0.3) is 0 Å². The Kier molecular flexibility index (Phi) is 3.21. The van der Waals surface area contributed by atoms with Gasteiger partial charge in [-0.1, -0.05) is 23.8 Å². The third-order valence-corrected chi connectivity index (χ3v) is 3.19. The van der Waals surface area contributed by atoms with Crippen LogP contribution in [0.5, 0.6) is 0 Å². The molecule has 2 heterocycles. The fraction of sp³-hybridized carbons (Fsp3) is 0.125. The molecule has 100 valence electrons. The number of imidazole rings is 1. The van der Waals surface area contributed by atoms with E-state index in [9.17, 15) is 4.79 Å². The lowest BCUT2D eigenvalue weighted by Gasteiger charge is -2.07. The molecule has 1 aromatic carbocycles. The molecule has 0 saturated carbocycles. The van der Waals surface area contributed by atoms with Gasteiger partial charge in [0, 0.05) is 23.8 Å². The minimum Gasteiger partial charge on any atom is -0.326 e. The van der Waals surface area contributed by atoms with Crippen LogP contribution in [0.3, 0.4) is 0 Å². The Morgan fingerprint density at radius 1 is 1.20 bits per heavy atom. The van der Waals surface area contributed by atoms with E-state index in [1.165, 1.54) is 5.56 Å². The van der Waals surface area contributed by atoms with Crippen LogP contribution in [-0.2, 0) is 11.2 Å². The summed E-state index contributed by atoms with van der Waals surface area (Å²) >= 11 is 0. The summed E-state index contributed by atoms with van der Waals surface area (Å²) in [4.78, 5) is 16.3. The quantitative estimate of drug-likeness (QED) is 0.791. The van der Waals surface area contributed by atoms with Gasteiger partial charge < -0.3 is 9.72 Å². The molecule has 20 heavy (non-hydrogen) atoms. The second kappa shape index (κ2) is 5.17. The molecule has 0 aliphatic carbocycles. The van der Waals surface area contributed by atoms with E-state index in [1.54, 1.807) is 6.20 Å². The summed E-state index contributed by atoms with van der Waals surface area (Å²) < 4.78 is 1.93. The lowest BCUT2D eigenvalue weighted by atomic mass is 10.2. The van der Waals surface area contributed by atoms with Crippen molar-refractivity contribution >= 4 is 17.2 Å². The van der Waals surface area contributed by atoms with Crippen LogP contribution in [0.2, 0.25) is 0 Å². The zero-order valence-corrected chi connectivity index (χ0v) is 11.2. The summed E-state index contributed by atoms with van der Waals surface area (Å²) in [6.45, 7) is 2.02. The fourth-order valence-corrected chi connectivity index (χ4v) is 2.16. The van der Waals surface area contributed by atoms with Gasteiger partial charge in [0.05, 0.1) is 6.42 Å². The molecule has 4 heteroatoms. The van der Waals surface area contributed by atoms with Gasteiger partial charge in [-0.3, -0.25) is 4.79 Å². The highest BCUT2D eigenvalue weighted by Gasteiger charge is 2.07. The van der Waals surface area contributed by atoms with Crippen molar-refractivity contribution in [1.82, 2.24) is 9.38 Å². The van der Waals surface area contributed by atoms with Crippen LogP contribution in [0.15, 0.2) is 54.9 Å². The predicted molar refractivity (Wildman–Crippen MR) is 78.7 cm³/mol. The molecule has 0 bridgehead atoms. The summed E-state index contributed by atoms with van der Waals surface area (Å²) in [6.07, 6.45) is 3.92. The van der Waals surface area contributed by atoms with Gasteiger partial charge in [-0.2, -0.15) is 0 Å². The number of nitrogens with one attached hydrogen (secondary N) is 1. The number of carbonyl (C=O) groups excluding carboxylic acids is 1. The monoisotopic (exact) mass is 265 g/mol. The molecule has 0 unspecified atom stereocenters. The number of nitrogens with zero attached hydrogens (tertiary/aromatic N) is 2. The van der Waals surface area contributed by atoms with E-state index in [-0.39, 0.29) is 5.91 Å². The molecule has 4 nitrogen and oxygen atoms in total. The van der Waals surface area contributed by atoms with Crippen molar-refractivity contribution in [3.05, 3.63) is 66.1 Å². The van der Waals surface area contributed by atoms with Crippen molar-refractivity contribution in [3.63, 3.8) is 0 Å². The van der Waals surface area contributed by atoms with Gasteiger partial charge in [-0.25, -0.2) is 4.98 Å². The molecule has 0 radical (unpaired) electrons. The first-order valence-corrected chi connectivity index (χ1v) is 6.50. The van der Waals surface area contributed by atoms with E-state index < -0.39 is 0 Å². The van der Waals surface area contributed by atoms with Crippen molar-refractivity contribution in [1.29, 1.82) is 0 Å². The maximum Gasteiger partial charge on any atom is 0.230 e. The molecule has 1 N–H and O–H groups in total. The third kappa shape index (κ3) is 2.54. The fourth-order valence-electron chi connectivity index (χ4n) is 2.16. The Morgan fingerprint density at radius 3 is 2.80 bits per heavy atom. The molecule has 2 aromatic heterocycles. The molecule has 0 spiro atoms. The highest BCUT2D eigenvalue weighted by atomic mass is 16.1. The third-order valence-electron chi connectivity index (χ3n) is 3.19. The summed E-state index contributed by atoms with van der Waals surface area (Å²) in [6, 6.07) is 13.5. The second-order valence-electron chi connectivity index (χ2n) is 4.76. The van der Waals surface area contributed by atoms with Crippen LogP contribution in [0, 0.1) is 6.92 Å². The second-order valence-corrected chi connectivity index (χ2v) is 4.76. The minimum atomic E-state index is -0.0324. The van der Waals surface area contributed by atoms with Crippen molar-refractivity contribution in [2.45, 2.75) is 13.3 Å². The van der Waals surface area contributed by atoms with Crippen molar-refractivity contribution < 1.29 is 4.79 Å². The highest BCUT2D eigenvalue weighted by Crippen LogP contribution is 2.11. The lowest BCUT2D eigenvalue weighted by molar-refractivity contribution is -0.115. The van der Waals surface area contributed by atoms with Crippen molar-refractivity contribution in [2.75, 3.05) is 5.32 Å². The average molecular weight is 265 g/mol. The van der Waals surface area contributed by atoms with Crippen LogP contribution in [-0.4, -0.2) is 15.3 Å². The molecule has 0 aliphatic heterocycles. The van der Waals surface area contributed by atoms with Gasteiger partial charge in [0.15, 0.2) is 0 Å². The molecule has 0 fully saturated rings. The summed E-state index contributed by atoms with van der Waals surface area (Å²) in [5.41, 5.74) is 3.76. The summed E-state index contributed by atoms with van der Waals surface area (Å²) in [5, 5.41) is 2.90. The van der Waals surface area contributed by atoms with E-state index in [1.807, 2.05) is 60.0 Å². The summed E-state index contributed by atoms with van der Waals surface area (Å²) in [5.74, 6) is -0.0324. The van der Waals surface area contributed by atoms with Gasteiger partial charge >= 0.3 is 0 Å². The first kappa shape index (κ1) is 12.4. The number of anilines is 1. The number of amides is 1. The minimum absolute atomic E-state index is 0.0324. The van der Waals surface area contributed by atoms with Crippen LogP contribution < -0.4 is 5.32 Å². The topological polar surface area (TPSA) is 46.4 Å². The standard InChI is InChI=1S/C16H15N3O/c1-12-5-7-13(8-6-12)18-16(20)11-14-3-2-4-15-17-9-10-19(14)15/h2-10H,11H2,1H3,(H,18,20). The van der Waals surface area contributed by atoms with Crippen LogP contribution in [0.4, 0.5) is 5.69 Å². The van der Waals surface area contributed by atoms with Gasteiger partial charge in [-0.15, -0.1) is 0 Å². The largest absolute Gasteiger partial charge is 0.326 e. The summed E-state index contributed by atoms with van der Waals surface area (Å²) in [7, 11) is 0. The number of aryl methyl sites for hydroxylation is 1. The van der Waals surface area contributed by atoms with E-state index in [2.05, 4.69) is 10.3 Å². The van der Waals surface area contributed by atoms with Crippen LogP contribution >= 0.6 is 0 Å². The van der Waals surface area contributed by atoms with E-state index in [4.69, 9.17) is 0 Å². The average Bonchev–Trinajstić information content (AvgIpc) is 2.91. The number of hydrogen-bond donors (Lipinski definition) is 1. The van der Waals surface area contributed by atoms with Gasteiger partial charge in [-0.05, 0) is 31.2 Å². The van der Waals surface area contributed by atoms with Crippen LogP contribution in [0.1, 0.15) is 11.3 Å². The molecule has 3 rings (SSSR count). The zero-order chi connectivity index (χ0) is 13.9. The van der Waals surface area contributed by atoms with E-state index in [0.29, 0.717) is 6.42 Å². The highest BCUT2D eigenvalue weighted by molar-refractivity contribution is 5.92. The van der Waals surface area contributed by atoms with Crippen molar-refractivity contribution in [2.24, 2.45) is 0 Å². The molecule has 0 aliphatic rings. The first-order valence-electron chi connectivity index (χ1n) is 6.50. The maximum atomic E-state index is 12.1. The maximum absolute atomic E-state index is 12.1. The molecule has 1 amide bonds. The zero-order valence-electron chi connectivity index (χ0n) is 11.2. The Hall–Kier alpha value is -2.62. The SMILES string of the molecule is Cc1ccc(NC(=O)Cc2cccc3nccn23)cc1. The van der Waals surface area contributed by atoms with Gasteiger partial charge in [0.2, 0.25) is 5.91 Å². The van der Waals surface area contributed by atoms with E-state index >= 15 is 0 Å². The molecular weight excluding hydrogens is 250 g/mol. The van der Waals surface area contributed by atoms with E-state index in [0.717, 1.165) is 17.0 Å². The number of aromatic nitrogens is 2. The molecule has 0 saturated heterocycles. The number of fused-ring (bicyclic) bond motifs is 1. The number of pyridine rings is 1. The van der Waals surface area contributed by atoms with Gasteiger partial charge in [0.1, 0.15) is 5.65 Å². The lowest BCUT2D eigenvalue weighted by Crippen LogP contribution is -2.16. The Bertz CT molecular complexity index is 744. The predicted octanol–water partition coefficient (Wildman–Crippen LogP) is 2.82. The molecule has 0 atom stereocenters. The molecular formula is C16H15N3O. The number of hydrogen-bond acceptors (Lipinski definition) is 2. The smallest absolute Gasteiger partial charge is 0.230 e. The number of carbonyl (C=O) groups is 1. The first-order chi connectivity index (χ1) is 9.72. The Balaban J connectivity index is 1.76. The Labute approximate surface area is 117 Å². The van der Waals surface area contributed by atoms with Crippen LogP contribution in [0.25, 0.3) is 5.65 Å². The number of benzene rings is 1. The molecule has 3 aromatic rings. The normalized spacial score (nSPS) is 10.7. The Morgan fingerprint density at radius 2 is 2.00 bits per heavy atom.